The summed E-state index contributed by atoms with van der Waals surface area (Å²) in [6.45, 7) is 3.03. The average molecular weight is 160 g/mol. The highest BCUT2D eigenvalue weighted by Crippen LogP contribution is 2.19. The number of hydrogen-bond acceptors (Lipinski definition) is 3. The molecule has 0 saturated carbocycles. The molecule has 0 aliphatic rings. The number of ether oxygens (including phenoxy) is 1. The fourth-order valence-electron chi connectivity index (χ4n) is 0.785. The zero-order chi connectivity index (χ0) is 9.07. The molecular weight excluding hydrogens is 148 g/mol. The van der Waals surface area contributed by atoms with Crippen LogP contribution in [0.4, 0.5) is 0 Å². The van der Waals surface area contributed by atoms with Gasteiger partial charge in [-0.1, -0.05) is 13.8 Å². The van der Waals surface area contributed by atoms with Crippen LogP contribution in [0.25, 0.3) is 0 Å². The van der Waals surface area contributed by atoms with Crippen molar-refractivity contribution in [3.05, 3.63) is 0 Å². The highest BCUT2D eigenvalue weighted by Gasteiger charge is 2.35. The molecule has 0 radical (unpaired) electrons. The molecule has 0 bridgehead atoms. The molecule has 4 nitrogen and oxygen atoms in total. The predicted octanol–water partition coefficient (Wildman–Crippen LogP) is 0.311. The zero-order valence-electron chi connectivity index (χ0n) is 6.83. The van der Waals surface area contributed by atoms with Crippen LogP contribution in [-0.4, -0.2) is 30.6 Å². The van der Waals surface area contributed by atoms with Crippen molar-refractivity contribution < 1.29 is 19.4 Å². The van der Waals surface area contributed by atoms with Gasteiger partial charge in [0.15, 0.2) is 6.10 Å². The Morgan fingerprint density at radius 1 is 1.64 bits per heavy atom. The number of carboxylic acids is 1. The van der Waals surface area contributed by atoms with Crippen LogP contribution >= 0.6 is 0 Å². The van der Waals surface area contributed by atoms with Gasteiger partial charge in [-0.05, 0) is 0 Å². The Bertz CT molecular complexity index is 162. The first-order valence-corrected chi connectivity index (χ1v) is 3.17. The predicted molar refractivity (Wildman–Crippen MR) is 38.3 cm³/mol. The number of methoxy groups -OCH3 is 1. The van der Waals surface area contributed by atoms with Gasteiger partial charge in [0, 0.05) is 7.11 Å². The largest absolute Gasteiger partial charge is 0.479 e. The van der Waals surface area contributed by atoms with Gasteiger partial charge in [-0.15, -0.1) is 0 Å². The van der Waals surface area contributed by atoms with Crippen LogP contribution in [0.3, 0.4) is 0 Å². The summed E-state index contributed by atoms with van der Waals surface area (Å²) in [5, 5.41) is 8.56. The molecule has 1 atom stereocenters. The van der Waals surface area contributed by atoms with E-state index in [1.54, 1.807) is 0 Å². The van der Waals surface area contributed by atoms with Crippen molar-refractivity contribution in [1.82, 2.24) is 0 Å². The molecule has 64 valence electrons. The standard InChI is InChI=1S/C7H12O4/c1-7(2,4-8)5(11-3)6(9)10/h4-5H,1-3H3,(H,9,10). The molecule has 11 heavy (non-hydrogen) atoms. The molecule has 0 aromatic carbocycles. The van der Waals surface area contributed by atoms with Crippen molar-refractivity contribution >= 4 is 12.3 Å². The molecule has 0 aromatic heterocycles. The van der Waals surface area contributed by atoms with E-state index in [0.717, 1.165) is 0 Å². The minimum atomic E-state index is -1.12. The molecule has 1 N–H and O–H groups in total. The van der Waals surface area contributed by atoms with Gasteiger partial charge in [-0.2, -0.15) is 0 Å². The molecule has 0 aliphatic carbocycles. The van der Waals surface area contributed by atoms with Gasteiger partial charge in [-0.25, -0.2) is 4.79 Å². The van der Waals surface area contributed by atoms with E-state index in [1.165, 1.54) is 21.0 Å². The lowest BCUT2D eigenvalue weighted by Crippen LogP contribution is -2.39. The summed E-state index contributed by atoms with van der Waals surface area (Å²) in [6, 6.07) is 0. The molecule has 0 aliphatic heterocycles. The summed E-state index contributed by atoms with van der Waals surface area (Å²) in [7, 11) is 1.27. The lowest BCUT2D eigenvalue weighted by atomic mass is 9.88. The van der Waals surface area contributed by atoms with E-state index in [0.29, 0.717) is 6.29 Å². The number of rotatable bonds is 4. The molecule has 4 heteroatoms. The van der Waals surface area contributed by atoms with Gasteiger partial charge >= 0.3 is 5.97 Å². The fraction of sp³-hybridized carbons (Fsp3) is 0.714. The van der Waals surface area contributed by atoms with E-state index >= 15 is 0 Å². The Morgan fingerprint density at radius 2 is 2.09 bits per heavy atom. The van der Waals surface area contributed by atoms with Gasteiger partial charge < -0.3 is 14.6 Å². The van der Waals surface area contributed by atoms with Crippen LogP contribution in [0.15, 0.2) is 0 Å². The molecule has 0 amide bonds. The minimum Gasteiger partial charge on any atom is -0.479 e. The molecule has 0 aromatic rings. The number of hydrogen-bond donors (Lipinski definition) is 1. The number of aliphatic carboxylic acids is 1. The second-order valence-corrected chi connectivity index (χ2v) is 2.89. The van der Waals surface area contributed by atoms with Gasteiger partial charge in [0.25, 0.3) is 0 Å². The van der Waals surface area contributed by atoms with Gasteiger partial charge in [0.05, 0.1) is 5.41 Å². The summed E-state index contributed by atoms with van der Waals surface area (Å²) in [5.41, 5.74) is -0.972. The smallest absolute Gasteiger partial charge is 0.333 e. The Hall–Kier alpha value is -0.900. The Morgan fingerprint density at radius 3 is 2.18 bits per heavy atom. The highest BCUT2D eigenvalue weighted by atomic mass is 16.5. The normalized spacial score (nSPS) is 14.1. The minimum absolute atomic E-state index is 0.579. The highest BCUT2D eigenvalue weighted by molar-refractivity contribution is 5.79. The average Bonchev–Trinajstić information content (AvgIpc) is 1.88. The van der Waals surface area contributed by atoms with E-state index in [2.05, 4.69) is 4.74 Å². The van der Waals surface area contributed by atoms with Crippen LogP contribution in [0.1, 0.15) is 13.8 Å². The number of carbonyl (C=O) groups excluding carboxylic acids is 1. The second-order valence-electron chi connectivity index (χ2n) is 2.89. The van der Waals surface area contributed by atoms with Crippen molar-refractivity contribution in [3.8, 4) is 0 Å². The summed E-state index contributed by atoms with van der Waals surface area (Å²) in [4.78, 5) is 20.8. The topological polar surface area (TPSA) is 63.6 Å². The third-order valence-corrected chi connectivity index (χ3v) is 1.44. The lowest BCUT2D eigenvalue weighted by molar-refractivity contribution is -0.157. The van der Waals surface area contributed by atoms with E-state index in [4.69, 9.17) is 5.11 Å². The van der Waals surface area contributed by atoms with E-state index < -0.39 is 17.5 Å². The summed E-state index contributed by atoms with van der Waals surface area (Å²) in [6.07, 6.45) is -0.491. The second kappa shape index (κ2) is 3.48. The molecule has 1 unspecified atom stereocenters. The van der Waals surface area contributed by atoms with Crippen LogP contribution in [-0.2, 0) is 14.3 Å². The monoisotopic (exact) mass is 160 g/mol. The first kappa shape index (κ1) is 10.1. The third kappa shape index (κ3) is 2.31. The first-order valence-electron chi connectivity index (χ1n) is 3.17. The van der Waals surface area contributed by atoms with Crippen molar-refractivity contribution in [3.63, 3.8) is 0 Å². The molecule has 0 saturated heterocycles. The first-order chi connectivity index (χ1) is 4.95. The number of carbonyl (C=O) groups is 2. The summed E-state index contributed by atoms with van der Waals surface area (Å²) in [5.74, 6) is -1.12. The van der Waals surface area contributed by atoms with Gasteiger partial charge in [-0.3, -0.25) is 0 Å². The molecule has 0 heterocycles. The Labute approximate surface area is 65.2 Å². The Kier molecular flexibility index (Phi) is 3.19. The van der Waals surface area contributed by atoms with E-state index in [-0.39, 0.29) is 0 Å². The van der Waals surface area contributed by atoms with Gasteiger partial charge in [0.1, 0.15) is 6.29 Å². The van der Waals surface area contributed by atoms with Gasteiger partial charge in [0.2, 0.25) is 0 Å². The maximum absolute atomic E-state index is 10.5. The molecule has 0 rings (SSSR count). The van der Waals surface area contributed by atoms with Crippen molar-refractivity contribution in [2.75, 3.05) is 7.11 Å². The summed E-state index contributed by atoms with van der Waals surface area (Å²) >= 11 is 0. The SMILES string of the molecule is COC(C(=O)O)C(C)(C)C=O. The molecule has 0 fully saturated rings. The van der Waals surface area contributed by atoms with E-state index in [9.17, 15) is 9.59 Å². The zero-order valence-corrected chi connectivity index (χ0v) is 6.83. The maximum atomic E-state index is 10.5. The van der Waals surface area contributed by atoms with E-state index in [1.807, 2.05) is 0 Å². The fourth-order valence-corrected chi connectivity index (χ4v) is 0.785. The number of aldehydes is 1. The van der Waals surface area contributed by atoms with Crippen LogP contribution in [0.5, 0.6) is 0 Å². The third-order valence-electron chi connectivity index (χ3n) is 1.44. The van der Waals surface area contributed by atoms with Crippen LogP contribution in [0.2, 0.25) is 0 Å². The molecule has 0 spiro atoms. The van der Waals surface area contributed by atoms with Crippen LogP contribution in [0, 0.1) is 5.41 Å². The lowest BCUT2D eigenvalue weighted by Gasteiger charge is -2.23. The van der Waals surface area contributed by atoms with Crippen molar-refractivity contribution in [2.24, 2.45) is 5.41 Å². The summed E-state index contributed by atoms with van der Waals surface area (Å²) < 4.78 is 4.64. The number of carboxylic acid groups (broad SMARTS) is 1. The Balaban J connectivity index is 4.48. The van der Waals surface area contributed by atoms with Crippen LogP contribution < -0.4 is 0 Å². The van der Waals surface area contributed by atoms with Crippen molar-refractivity contribution in [2.45, 2.75) is 20.0 Å². The quantitative estimate of drug-likeness (QED) is 0.601. The maximum Gasteiger partial charge on any atom is 0.333 e. The molecular formula is C7H12O4. The van der Waals surface area contributed by atoms with Crippen molar-refractivity contribution in [1.29, 1.82) is 0 Å².